The number of aliphatic hydroxyl groups excluding tert-OH is 1. The standard InChI is InChI=1S/C50H57FN9O7P/c1-7-68(65,21-18-61)42-11-9-36(26-39(42)52-6)57-16-17-58(49(57)64)45-43-32(5)56(15-12-38(43)54-60(45)37-22-29(2)44(51)30(3)23-37)46(62)41-25-35-24-34(33-13-19-66-20-14-33)8-10-40(35)59(41)28-50(27-31(50)4)47-53-48(63)67-55-47/h8-11,16-17,22-26,31-33,52,61H,7,12-15,18-21,27-28H2,1-6H3,(H,53,55,63)/t31-,32-,50-,68-/m0/s1. The molecule has 3 aliphatic rings. The third-order valence-electron chi connectivity index (χ3n) is 15.0. The smallest absolute Gasteiger partial charge is 0.396 e. The fourth-order valence-corrected chi connectivity index (χ4v) is 13.1. The first kappa shape index (κ1) is 45.5. The van der Waals surface area contributed by atoms with Gasteiger partial charge in [0.25, 0.3) is 5.91 Å². The molecular weight excluding hydrogens is 889 g/mol. The summed E-state index contributed by atoms with van der Waals surface area (Å²) in [6.45, 7) is 11.2. The molecule has 2 aliphatic heterocycles. The number of anilines is 1. The third kappa shape index (κ3) is 7.50. The summed E-state index contributed by atoms with van der Waals surface area (Å²) in [5.41, 5.74) is 5.52. The van der Waals surface area contributed by atoms with Crippen LogP contribution in [-0.2, 0) is 27.7 Å². The number of imidazole rings is 1. The Kier molecular flexibility index (Phi) is 11.6. The number of aromatic amines is 1. The number of nitrogens with one attached hydrogen (secondary N) is 2. The molecule has 1 aliphatic carbocycles. The van der Waals surface area contributed by atoms with Crippen LogP contribution in [0.15, 0.2) is 81.1 Å². The van der Waals surface area contributed by atoms with Crippen molar-refractivity contribution in [2.75, 3.05) is 51.1 Å². The van der Waals surface area contributed by atoms with Crippen molar-refractivity contribution < 1.29 is 28.1 Å². The van der Waals surface area contributed by atoms with E-state index in [-0.39, 0.29) is 30.4 Å². The largest absolute Gasteiger partial charge is 0.438 e. The van der Waals surface area contributed by atoms with Crippen molar-refractivity contribution in [3.05, 3.63) is 133 Å². The molecule has 6 heterocycles. The summed E-state index contributed by atoms with van der Waals surface area (Å²) in [7, 11) is -1.19. The minimum atomic E-state index is -2.92. The number of aliphatic hydroxyl groups is 1. The normalized spacial score (nSPS) is 20.4. The number of benzene rings is 3. The van der Waals surface area contributed by atoms with Gasteiger partial charge in [-0.1, -0.05) is 25.1 Å². The van der Waals surface area contributed by atoms with Crippen molar-refractivity contribution in [3.8, 4) is 17.2 Å². The van der Waals surface area contributed by atoms with E-state index >= 15 is 9.18 Å². The van der Waals surface area contributed by atoms with Gasteiger partial charge in [-0.3, -0.25) is 23.4 Å². The van der Waals surface area contributed by atoms with E-state index < -0.39 is 30.0 Å². The molecule has 18 heteroatoms. The van der Waals surface area contributed by atoms with Gasteiger partial charge in [0.2, 0.25) is 0 Å². The van der Waals surface area contributed by atoms with Gasteiger partial charge in [0.15, 0.2) is 5.82 Å². The van der Waals surface area contributed by atoms with Crippen molar-refractivity contribution >= 4 is 34.9 Å². The number of H-pyrrole nitrogens is 1. The summed E-state index contributed by atoms with van der Waals surface area (Å²) >= 11 is 0. The van der Waals surface area contributed by atoms with Crippen LogP contribution >= 0.6 is 7.14 Å². The highest BCUT2D eigenvalue weighted by Crippen LogP contribution is 2.54. The van der Waals surface area contributed by atoms with Gasteiger partial charge in [-0.05, 0) is 117 Å². The number of carbonyl (C=O) groups is 1. The maximum atomic E-state index is 15.5. The third-order valence-corrected chi connectivity index (χ3v) is 18.2. The van der Waals surface area contributed by atoms with Crippen LogP contribution in [0.3, 0.4) is 0 Å². The second kappa shape index (κ2) is 17.3. The van der Waals surface area contributed by atoms with E-state index in [4.69, 9.17) is 14.4 Å². The van der Waals surface area contributed by atoms with Crippen LogP contribution < -0.4 is 22.1 Å². The van der Waals surface area contributed by atoms with Crippen molar-refractivity contribution in [1.29, 1.82) is 0 Å². The minimum absolute atomic E-state index is 0.146. The minimum Gasteiger partial charge on any atom is -0.396 e. The number of amides is 1. The molecule has 356 valence electrons. The Morgan fingerprint density at radius 3 is 2.41 bits per heavy atom. The van der Waals surface area contributed by atoms with Crippen LogP contribution in [0.1, 0.15) is 96.3 Å². The zero-order valence-electron chi connectivity index (χ0n) is 39.2. The fourth-order valence-electron chi connectivity index (χ4n) is 10.9. The number of carbonyl (C=O) groups excluding carboxylic acids is 1. The lowest BCUT2D eigenvalue weighted by Crippen LogP contribution is -2.40. The lowest BCUT2D eigenvalue weighted by atomic mass is 9.91. The topological polar surface area (TPSA) is 187 Å². The number of ether oxygens (including phenoxy) is 1. The lowest BCUT2D eigenvalue weighted by molar-refractivity contribution is 0.0665. The molecule has 2 fully saturated rings. The van der Waals surface area contributed by atoms with Crippen LogP contribution in [-0.4, -0.2) is 95.3 Å². The van der Waals surface area contributed by atoms with E-state index in [0.29, 0.717) is 107 Å². The molecule has 10 rings (SSSR count). The van der Waals surface area contributed by atoms with Crippen LogP contribution in [0.5, 0.6) is 0 Å². The molecular formula is C50H57FN9O7P. The van der Waals surface area contributed by atoms with E-state index in [1.165, 1.54) is 14.7 Å². The highest BCUT2D eigenvalue weighted by molar-refractivity contribution is 7.71. The predicted molar refractivity (Wildman–Crippen MR) is 258 cm³/mol. The Morgan fingerprint density at radius 2 is 1.75 bits per heavy atom. The molecule has 3 N–H and O–H groups in total. The van der Waals surface area contributed by atoms with Gasteiger partial charge in [-0.25, -0.2) is 18.7 Å². The van der Waals surface area contributed by atoms with Crippen LogP contribution in [0.4, 0.5) is 10.1 Å². The van der Waals surface area contributed by atoms with Crippen molar-refractivity contribution in [1.82, 2.24) is 38.5 Å². The van der Waals surface area contributed by atoms with Crippen LogP contribution in [0, 0.1) is 25.6 Å². The van der Waals surface area contributed by atoms with Gasteiger partial charge in [0.05, 0.1) is 35.1 Å². The Morgan fingerprint density at radius 1 is 1.01 bits per heavy atom. The number of aryl methyl sites for hydroxylation is 2. The Bertz CT molecular complexity index is 3260. The summed E-state index contributed by atoms with van der Waals surface area (Å²) in [4.78, 5) is 47.2. The van der Waals surface area contributed by atoms with Gasteiger partial charge < -0.3 is 29.2 Å². The average molecular weight is 946 g/mol. The van der Waals surface area contributed by atoms with Crippen molar-refractivity contribution in [2.45, 2.75) is 84.2 Å². The van der Waals surface area contributed by atoms with Crippen LogP contribution in [0.25, 0.3) is 28.1 Å². The fraction of sp³-hybridized carbons (Fsp3) is 0.420. The number of hydrogen-bond donors (Lipinski definition) is 3. The summed E-state index contributed by atoms with van der Waals surface area (Å²) in [5.74, 6) is 0.231. The molecule has 1 saturated heterocycles. The zero-order valence-corrected chi connectivity index (χ0v) is 40.1. The quantitative estimate of drug-likeness (QED) is 0.103. The molecule has 0 radical (unpaired) electrons. The maximum Gasteiger partial charge on any atom is 0.438 e. The molecule has 3 aromatic carbocycles. The van der Waals surface area contributed by atoms with Crippen molar-refractivity contribution in [2.24, 2.45) is 5.92 Å². The number of fused-ring (bicyclic) bond motifs is 2. The molecule has 16 nitrogen and oxygen atoms in total. The summed E-state index contributed by atoms with van der Waals surface area (Å²) in [6, 6.07) is 16.5. The monoisotopic (exact) mass is 945 g/mol. The molecule has 0 bridgehead atoms. The van der Waals surface area contributed by atoms with E-state index in [2.05, 4.69) is 45.1 Å². The SMILES string of the molecule is CC[P@](=O)(CCO)c1ccc(-n2ccn(-c3c4c(nn3-c3cc(C)c(F)c(C)c3)CCN(C(=O)c3cc5cc(C6CCOCC6)ccc5n3C[C@@]3(c5noc(=O)[nH]5)C[C@@H]3C)[C@H]4C)c2=O)cc1NC. The maximum absolute atomic E-state index is 15.5. The molecule has 1 saturated carbocycles. The molecule has 4 aromatic heterocycles. The number of rotatable bonds is 13. The second-order valence-corrected chi connectivity index (χ2v) is 22.2. The summed E-state index contributed by atoms with van der Waals surface area (Å²) in [5, 5.41) is 23.7. The van der Waals surface area contributed by atoms with E-state index in [1.54, 1.807) is 68.3 Å². The average Bonchev–Trinajstić information content (AvgIpc) is 3.84. The second-order valence-electron chi connectivity index (χ2n) is 18.9. The first-order chi connectivity index (χ1) is 32.7. The van der Waals surface area contributed by atoms with Crippen molar-refractivity contribution in [3.63, 3.8) is 0 Å². The summed E-state index contributed by atoms with van der Waals surface area (Å²) < 4.78 is 46.5. The molecule has 4 atom stereocenters. The number of halogens is 1. The zero-order chi connectivity index (χ0) is 47.8. The van der Waals surface area contributed by atoms with Gasteiger partial charge in [0.1, 0.15) is 24.5 Å². The van der Waals surface area contributed by atoms with Gasteiger partial charge in [-0.2, -0.15) is 5.10 Å². The van der Waals surface area contributed by atoms with E-state index in [0.717, 1.165) is 30.2 Å². The first-order valence-electron chi connectivity index (χ1n) is 23.5. The Balaban J connectivity index is 1.09. The van der Waals surface area contributed by atoms with E-state index in [9.17, 15) is 19.3 Å². The number of nitrogens with zero attached hydrogens (tertiary/aromatic N) is 7. The first-order valence-corrected chi connectivity index (χ1v) is 25.6. The van der Waals surface area contributed by atoms with Gasteiger partial charge in [0, 0.05) is 91.9 Å². The molecule has 68 heavy (non-hydrogen) atoms. The molecule has 7 aromatic rings. The summed E-state index contributed by atoms with van der Waals surface area (Å²) in [6.07, 6.45) is 6.81. The number of hydrogen-bond acceptors (Lipinski definition) is 10. The van der Waals surface area contributed by atoms with Gasteiger partial charge in [-0.15, -0.1) is 0 Å². The number of aromatic nitrogens is 7. The molecule has 0 unspecified atom stereocenters. The Hall–Kier alpha value is -6.29. The molecule has 1 amide bonds. The highest BCUT2D eigenvalue weighted by atomic mass is 31.2. The van der Waals surface area contributed by atoms with Crippen LogP contribution in [0.2, 0.25) is 0 Å². The lowest BCUT2D eigenvalue weighted by Gasteiger charge is -2.34. The highest BCUT2D eigenvalue weighted by Gasteiger charge is 2.56. The predicted octanol–water partition coefficient (Wildman–Crippen LogP) is 6.87. The van der Waals surface area contributed by atoms with Gasteiger partial charge >= 0.3 is 11.4 Å². The molecule has 0 spiro atoms. The Labute approximate surface area is 392 Å². The van der Waals surface area contributed by atoms with E-state index in [1.807, 2.05) is 24.8 Å².